The van der Waals surface area contributed by atoms with Crippen LogP contribution in [0.1, 0.15) is 8.29 Å². The molecule has 0 N–H and O–H groups in total. The van der Waals surface area contributed by atoms with E-state index in [9.17, 15) is 8.78 Å². The second kappa shape index (κ2) is 7.92. The molecule has 5 heterocycles. The van der Waals surface area contributed by atoms with Crippen LogP contribution >= 0.6 is 0 Å². The summed E-state index contributed by atoms with van der Waals surface area (Å²) >= 11 is 0. The summed E-state index contributed by atoms with van der Waals surface area (Å²) < 4.78 is 39.3. The fraction of sp³-hybridized carbons (Fsp3) is 0.167. The number of alkyl halides is 2. The first-order chi connectivity index (χ1) is 15.4. The molecule has 8 bridgehead atoms. The van der Waals surface area contributed by atoms with Crippen molar-refractivity contribution >= 4 is 22.8 Å². The highest BCUT2D eigenvalue weighted by Crippen LogP contribution is 2.27. The zero-order valence-corrected chi connectivity index (χ0v) is 16.6. The van der Waals surface area contributed by atoms with Gasteiger partial charge < -0.3 is 4.74 Å². The molecule has 1 unspecified atom stereocenters. The van der Waals surface area contributed by atoms with Crippen molar-refractivity contribution in [1.82, 2.24) is 0 Å². The molecule has 0 saturated heterocycles. The van der Waals surface area contributed by atoms with Crippen molar-refractivity contribution in [3.05, 3.63) is 95.2 Å². The molecule has 0 aliphatic carbocycles. The first kappa shape index (κ1) is 18.2. The number of hydrogen-bond donors (Lipinski definition) is 0. The summed E-state index contributed by atoms with van der Waals surface area (Å²) in [5.74, 6) is 0. The maximum Gasteiger partial charge on any atom is 0.261 e. The average molecular weight is 417 g/mol. The van der Waals surface area contributed by atoms with Gasteiger partial charge in [0.05, 0.1) is 53.1 Å². The molecule has 0 fully saturated rings. The average Bonchev–Trinajstić information content (AvgIpc) is 3.52. The predicted molar refractivity (Wildman–Crippen MR) is 119 cm³/mol. The van der Waals surface area contributed by atoms with Gasteiger partial charge in [-0.25, -0.2) is 28.8 Å². The standard InChI is InChI=1S/C24H18F2N4O/c1-14(31-13-24(25)26)22-11-21-10-19-5-4-17(28-19)8-15-2-3-16(27-15)9-18-6-7-20(29-18)12-23(22)30-21/h2-12,14,24H,13H2,1H3/i11D. The lowest BCUT2D eigenvalue weighted by molar-refractivity contribution is -0.00374. The predicted octanol–water partition coefficient (Wildman–Crippen LogP) is 4.62. The SMILES string of the molecule is [2H]C1=C(C(C)OCC(F)F)C2=CC3=NC(=CC4=NC(=CC5=NC(=CC1=N2)C=C5)C=C4)C=C3. The van der Waals surface area contributed by atoms with E-state index >= 15 is 0 Å². The van der Waals surface area contributed by atoms with Crippen LogP contribution in [0.25, 0.3) is 0 Å². The van der Waals surface area contributed by atoms with Crippen molar-refractivity contribution in [2.45, 2.75) is 19.5 Å². The van der Waals surface area contributed by atoms with E-state index < -0.39 is 19.1 Å². The minimum Gasteiger partial charge on any atom is -0.368 e. The monoisotopic (exact) mass is 417 g/mol. The van der Waals surface area contributed by atoms with Crippen molar-refractivity contribution < 1.29 is 14.9 Å². The molecule has 0 saturated carbocycles. The Morgan fingerprint density at radius 3 is 1.84 bits per heavy atom. The van der Waals surface area contributed by atoms with Gasteiger partial charge in [0, 0.05) is 5.57 Å². The first-order valence-corrected chi connectivity index (χ1v) is 9.82. The Balaban J connectivity index is 1.61. The summed E-state index contributed by atoms with van der Waals surface area (Å²) in [6, 6.07) is 0.121. The number of hydrogen-bond acceptors (Lipinski definition) is 5. The van der Waals surface area contributed by atoms with E-state index in [0.29, 0.717) is 28.4 Å². The molecular formula is C24H18F2N4O. The summed E-state index contributed by atoms with van der Waals surface area (Å²) in [7, 11) is 0. The van der Waals surface area contributed by atoms with Gasteiger partial charge in [-0.2, -0.15) is 0 Å². The van der Waals surface area contributed by atoms with Crippen LogP contribution in [0.3, 0.4) is 0 Å². The number of fused-ring (bicyclic) bond motifs is 4. The van der Waals surface area contributed by atoms with E-state index in [0.717, 1.165) is 22.8 Å². The van der Waals surface area contributed by atoms with E-state index in [4.69, 9.17) is 6.11 Å². The third-order valence-corrected chi connectivity index (χ3v) is 4.87. The van der Waals surface area contributed by atoms with Crippen molar-refractivity contribution in [2.24, 2.45) is 20.0 Å². The van der Waals surface area contributed by atoms with Crippen molar-refractivity contribution in [3.8, 4) is 0 Å². The Hall–Kier alpha value is -3.58. The zero-order chi connectivity index (χ0) is 22.2. The number of aliphatic imine (C=N–C) groups is 4. The normalized spacial score (nSPS) is 22.6. The Kier molecular flexibility index (Phi) is 4.65. The van der Waals surface area contributed by atoms with E-state index in [2.05, 4.69) is 20.0 Å². The van der Waals surface area contributed by atoms with Crippen LogP contribution in [0.2, 0.25) is 0 Å². The Labute approximate surface area is 179 Å². The quantitative estimate of drug-likeness (QED) is 0.659. The molecule has 1 atom stereocenters. The maximum atomic E-state index is 12.7. The number of rotatable bonds is 4. The van der Waals surface area contributed by atoms with Gasteiger partial charge >= 0.3 is 0 Å². The highest BCUT2D eigenvalue weighted by molar-refractivity contribution is 6.15. The van der Waals surface area contributed by atoms with E-state index in [1.54, 1.807) is 19.1 Å². The van der Waals surface area contributed by atoms with E-state index in [-0.39, 0.29) is 6.05 Å². The topological polar surface area (TPSA) is 58.7 Å². The van der Waals surface area contributed by atoms with E-state index in [1.807, 2.05) is 48.6 Å². The smallest absolute Gasteiger partial charge is 0.261 e. The van der Waals surface area contributed by atoms with Gasteiger partial charge in [0.1, 0.15) is 6.61 Å². The molecule has 0 spiro atoms. The van der Waals surface area contributed by atoms with Gasteiger partial charge in [0.2, 0.25) is 0 Å². The minimum absolute atomic E-state index is 0.121. The maximum absolute atomic E-state index is 12.7. The van der Waals surface area contributed by atoms with Crippen LogP contribution in [-0.2, 0) is 4.74 Å². The molecular weight excluding hydrogens is 398 g/mol. The summed E-state index contributed by atoms with van der Waals surface area (Å²) in [4.78, 5) is 18.3. The van der Waals surface area contributed by atoms with Gasteiger partial charge in [-0.1, -0.05) is 0 Å². The van der Waals surface area contributed by atoms with Crippen LogP contribution in [0.4, 0.5) is 8.78 Å². The first-order valence-electron chi connectivity index (χ1n) is 10.3. The van der Waals surface area contributed by atoms with Gasteiger partial charge in [-0.3, -0.25) is 0 Å². The third-order valence-electron chi connectivity index (χ3n) is 4.87. The summed E-state index contributed by atoms with van der Waals surface area (Å²) in [5, 5.41) is 0. The lowest BCUT2D eigenvalue weighted by atomic mass is 10.1. The van der Waals surface area contributed by atoms with Gasteiger partial charge in [0.25, 0.3) is 6.43 Å². The lowest BCUT2D eigenvalue weighted by Gasteiger charge is -2.14. The summed E-state index contributed by atoms with van der Waals surface area (Å²) in [6.07, 6.45) is 15.1. The molecule has 31 heavy (non-hydrogen) atoms. The molecule has 0 aromatic carbocycles. The highest BCUT2D eigenvalue weighted by atomic mass is 19.3. The fourth-order valence-electron chi connectivity index (χ4n) is 3.46. The molecule has 5 aliphatic heterocycles. The van der Waals surface area contributed by atoms with Crippen LogP contribution in [-0.4, -0.2) is 42.0 Å². The number of allylic oxidation sites excluding steroid dienone is 11. The van der Waals surface area contributed by atoms with Crippen LogP contribution in [0, 0.1) is 0 Å². The summed E-state index contributed by atoms with van der Waals surface area (Å²) in [5.41, 5.74) is 5.61. The van der Waals surface area contributed by atoms with Crippen LogP contribution in [0.5, 0.6) is 0 Å². The third kappa shape index (κ3) is 4.32. The van der Waals surface area contributed by atoms with Crippen molar-refractivity contribution in [1.29, 1.82) is 0 Å². The largest absolute Gasteiger partial charge is 0.368 e. The molecule has 0 amide bonds. The molecule has 0 aromatic heterocycles. The minimum atomic E-state index is -2.59. The second-order valence-electron chi connectivity index (χ2n) is 7.25. The lowest BCUT2D eigenvalue weighted by Crippen LogP contribution is -2.16. The van der Waals surface area contributed by atoms with Crippen LogP contribution < -0.4 is 0 Å². The Morgan fingerprint density at radius 1 is 0.774 bits per heavy atom. The Morgan fingerprint density at radius 2 is 1.29 bits per heavy atom. The summed E-state index contributed by atoms with van der Waals surface area (Å²) in [6.45, 7) is 0.932. The molecule has 5 aliphatic rings. The highest BCUT2D eigenvalue weighted by Gasteiger charge is 2.22. The van der Waals surface area contributed by atoms with Gasteiger partial charge in [-0.05, 0) is 73.7 Å². The van der Waals surface area contributed by atoms with Gasteiger partial charge in [0.15, 0.2) is 0 Å². The van der Waals surface area contributed by atoms with Crippen LogP contribution in [0.15, 0.2) is 115 Å². The molecule has 5 nitrogen and oxygen atoms in total. The van der Waals surface area contributed by atoms with Crippen molar-refractivity contribution in [2.75, 3.05) is 6.61 Å². The number of halogens is 2. The van der Waals surface area contributed by atoms with Crippen molar-refractivity contribution in [3.63, 3.8) is 0 Å². The second-order valence-corrected chi connectivity index (χ2v) is 7.25. The molecule has 154 valence electrons. The number of ether oxygens (including phenoxy) is 1. The zero-order valence-electron chi connectivity index (χ0n) is 17.6. The molecule has 7 heteroatoms. The molecule has 0 radical (unpaired) electrons. The Bertz CT molecular complexity index is 1270. The molecule has 0 aromatic rings. The number of nitrogens with zero attached hydrogens (tertiary/aromatic N) is 4. The van der Waals surface area contributed by atoms with Gasteiger partial charge in [-0.15, -0.1) is 0 Å². The fourth-order valence-corrected chi connectivity index (χ4v) is 3.46. The van der Waals surface area contributed by atoms with E-state index in [1.165, 1.54) is 0 Å². The molecule has 5 rings (SSSR count).